The Balaban J connectivity index is 1.54. The van der Waals surface area contributed by atoms with Gasteiger partial charge in [-0.25, -0.2) is 4.68 Å². The van der Waals surface area contributed by atoms with E-state index in [1.165, 1.54) is 6.21 Å². The van der Waals surface area contributed by atoms with E-state index in [-0.39, 0.29) is 15.8 Å². The van der Waals surface area contributed by atoms with Crippen molar-refractivity contribution in [3.8, 4) is 16.9 Å². The Morgan fingerprint density at radius 3 is 2.35 bits per heavy atom. The molecule has 0 spiro atoms. The van der Waals surface area contributed by atoms with Crippen LogP contribution in [0.5, 0.6) is 0 Å². The Kier molecular flexibility index (Phi) is 6.95. The molecule has 0 saturated heterocycles. The number of thiocarbonyl (C=S) groups is 1. The fraction of sp³-hybridized carbons (Fsp3) is 0.0417. The normalized spacial score (nSPS) is 11.5. The van der Waals surface area contributed by atoms with E-state index >= 15 is 0 Å². The fourth-order valence-corrected chi connectivity index (χ4v) is 3.45. The van der Waals surface area contributed by atoms with Gasteiger partial charge in [0.15, 0.2) is 5.11 Å². The van der Waals surface area contributed by atoms with Crippen molar-refractivity contribution in [3.05, 3.63) is 101 Å². The number of hydrazone groups is 1. The summed E-state index contributed by atoms with van der Waals surface area (Å²) >= 11 is 11.2. The number of anilines is 1. The summed E-state index contributed by atoms with van der Waals surface area (Å²) in [6.45, 7) is 0. The van der Waals surface area contributed by atoms with Gasteiger partial charge in [-0.1, -0.05) is 60.1 Å². The summed E-state index contributed by atoms with van der Waals surface area (Å²) in [6, 6.07) is 22.2. The Hall–Kier alpha value is -3.69. The second-order valence-corrected chi connectivity index (χ2v) is 7.91. The zero-order valence-corrected chi connectivity index (χ0v) is 19.0. The first-order valence-corrected chi connectivity index (χ1v) is 10.8. The molecule has 0 aliphatic carbocycles. The van der Waals surface area contributed by atoms with Crippen LogP contribution in [-0.4, -0.2) is 21.1 Å². The standard InChI is InChI=1S/C24H17ClF3N5S/c25-20-12-11-18(24(26,27)28)13-21(20)30-23(34)31-29-14-17-15-33(19-9-5-2-6-10-19)32-22(17)16-7-3-1-4-8-16/h1-15H,(H2,30,31,34)/b29-14+. The van der Waals surface area contributed by atoms with Gasteiger partial charge in [-0.05, 0) is 42.5 Å². The summed E-state index contributed by atoms with van der Waals surface area (Å²) in [5.74, 6) is 0. The molecule has 1 aromatic heterocycles. The highest BCUT2D eigenvalue weighted by Gasteiger charge is 2.31. The van der Waals surface area contributed by atoms with E-state index in [0.717, 1.165) is 29.4 Å². The Labute approximate surface area is 203 Å². The number of alkyl halides is 3. The molecule has 0 atom stereocenters. The molecule has 5 nitrogen and oxygen atoms in total. The molecular weight excluding hydrogens is 483 g/mol. The second kappa shape index (κ2) is 10.1. The van der Waals surface area contributed by atoms with Gasteiger partial charge in [-0.2, -0.15) is 23.4 Å². The van der Waals surface area contributed by atoms with E-state index in [0.29, 0.717) is 11.3 Å². The van der Waals surface area contributed by atoms with E-state index in [2.05, 4.69) is 20.9 Å². The van der Waals surface area contributed by atoms with Gasteiger partial charge in [0.25, 0.3) is 0 Å². The summed E-state index contributed by atoms with van der Waals surface area (Å²) in [4.78, 5) is 0. The van der Waals surface area contributed by atoms with Gasteiger partial charge in [0, 0.05) is 17.3 Å². The molecule has 0 amide bonds. The number of nitrogens with zero attached hydrogens (tertiary/aromatic N) is 3. The van der Waals surface area contributed by atoms with Crippen LogP contribution in [0.25, 0.3) is 16.9 Å². The van der Waals surface area contributed by atoms with Gasteiger partial charge >= 0.3 is 6.18 Å². The van der Waals surface area contributed by atoms with Crippen molar-refractivity contribution in [2.45, 2.75) is 6.18 Å². The van der Waals surface area contributed by atoms with Gasteiger partial charge in [0.2, 0.25) is 0 Å². The average Bonchev–Trinajstić information content (AvgIpc) is 3.25. The lowest BCUT2D eigenvalue weighted by Crippen LogP contribution is -2.24. The van der Waals surface area contributed by atoms with Crippen molar-refractivity contribution >= 4 is 40.8 Å². The average molecular weight is 500 g/mol. The highest BCUT2D eigenvalue weighted by Crippen LogP contribution is 2.33. The smallest absolute Gasteiger partial charge is 0.330 e. The molecule has 0 fully saturated rings. The number of nitrogens with one attached hydrogen (secondary N) is 2. The van der Waals surface area contributed by atoms with Gasteiger partial charge in [0.05, 0.1) is 28.2 Å². The van der Waals surface area contributed by atoms with Gasteiger partial charge < -0.3 is 5.32 Å². The maximum atomic E-state index is 13.0. The van der Waals surface area contributed by atoms with E-state index in [4.69, 9.17) is 23.8 Å². The van der Waals surface area contributed by atoms with E-state index in [1.54, 1.807) is 4.68 Å². The quantitative estimate of drug-likeness (QED) is 0.186. The molecular formula is C24H17ClF3N5S. The van der Waals surface area contributed by atoms with Gasteiger partial charge in [0.1, 0.15) is 5.69 Å². The first-order chi connectivity index (χ1) is 16.3. The van der Waals surface area contributed by atoms with Crippen molar-refractivity contribution in [2.75, 3.05) is 5.32 Å². The molecule has 10 heteroatoms. The highest BCUT2D eigenvalue weighted by molar-refractivity contribution is 7.80. The molecule has 0 radical (unpaired) electrons. The third-order valence-corrected chi connectivity index (χ3v) is 5.25. The topological polar surface area (TPSA) is 54.2 Å². The first-order valence-electron chi connectivity index (χ1n) is 9.98. The molecule has 0 aliphatic heterocycles. The van der Waals surface area contributed by atoms with Crippen molar-refractivity contribution < 1.29 is 13.2 Å². The van der Waals surface area contributed by atoms with Crippen LogP contribution >= 0.6 is 23.8 Å². The van der Waals surface area contributed by atoms with Crippen LogP contribution in [0.3, 0.4) is 0 Å². The maximum Gasteiger partial charge on any atom is 0.416 e. The van der Waals surface area contributed by atoms with Crippen molar-refractivity contribution in [2.24, 2.45) is 5.10 Å². The van der Waals surface area contributed by atoms with E-state index in [1.807, 2.05) is 66.9 Å². The molecule has 34 heavy (non-hydrogen) atoms. The minimum absolute atomic E-state index is 0.0193. The number of para-hydroxylation sites is 1. The van der Waals surface area contributed by atoms with Crippen LogP contribution in [0.2, 0.25) is 5.02 Å². The molecule has 0 unspecified atom stereocenters. The zero-order chi connectivity index (χ0) is 24.1. The number of hydrogen-bond donors (Lipinski definition) is 2. The van der Waals surface area contributed by atoms with E-state index < -0.39 is 11.7 Å². The minimum atomic E-state index is -4.50. The SMILES string of the molecule is FC(F)(F)c1ccc(Cl)c(NC(=S)N/N=C/c2cn(-c3ccccc3)nc2-c2ccccc2)c1. The lowest BCUT2D eigenvalue weighted by atomic mass is 10.1. The van der Waals surface area contributed by atoms with Crippen LogP contribution < -0.4 is 10.7 Å². The lowest BCUT2D eigenvalue weighted by molar-refractivity contribution is -0.137. The summed E-state index contributed by atoms with van der Waals surface area (Å²) in [7, 11) is 0. The third kappa shape index (κ3) is 5.62. The predicted molar refractivity (Wildman–Crippen MR) is 132 cm³/mol. The third-order valence-electron chi connectivity index (χ3n) is 4.72. The largest absolute Gasteiger partial charge is 0.416 e. The number of aromatic nitrogens is 2. The molecule has 4 rings (SSSR count). The molecule has 0 saturated carbocycles. The predicted octanol–water partition coefficient (Wildman–Crippen LogP) is 6.53. The van der Waals surface area contributed by atoms with Crippen LogP contribution in [0.15, 0.2) is 90.2 Å². The molecule has 0 aliphatic rings. The van der Waals surface area contributed by atoms with E-state index in [9.17, 15) is 13.2 Å². The van der Waals surface area contributed by atoms with Crippen LogP contribution in [0.1, 0.15) is 11.1 Å². The minimum Gasteiger partial charge on any atom is -0.330 e. The van der Waals surface area contributed by atoms with Crippen molar-refractivity contribution in [1.29, 1.82) is 0 Å². The van der Waals surface area contributed by atoms with Crippen molar-refractivity contribution in [1.82, 2.24) is 15.2 Å². The monoisotopic (exact) mass is 499 g/mol. The summed E-state index contributed by atoms with van der Waals surface area (Å²) < 4.78 is 40.7. The van der Waals surface area contributed by atoms with Crippen LogP contribution in [-0.2, 0) is 6.18 Å². The number of rotatable bonds is 5. The first kappa shape index (κ1) is 23.5. The number of halogens is 4. The summed E-state index contributed by atoms with van der Waals surface area (Å²) in [5.41, 5.74) is 4.97. The Bertz CT molecular complexity index is 1320. The van der Waals surface area contributed by atoms with Gasteiger partial charge in [-0.3, -0.25) is 5.43 Å². The molecule has 3 aromatic carbocycles. The van der Waals surface area contributed by atoms with Crippen LogP contribution in [0, 0.1) is 0 Å². The maximum absolute atomic E-state index is 13.0. The number of hydrogen-bond acceptors (Lipinski definition) is 3. The Morgan fingerprint density at radius 2 is 1.68 bits per heavy atom. The molecule has 0 bridgehead atoms. The second-order valence-electron chi connectivity index (χ2n) is 7.10. The Morgan fingerprint density at radius 1 is 1.00 bits per heavy atom. The number of benzene rings is 3. The molecule has 172 valence electrons. The summed E-state index contributed by atoms with van der Waals surface area (Å²) in [6.07, 6.45) is -1.14. The fourth-order valence-electron chi connectivity index (χ4n) is 3.12. The van der Waals surface area contributed by atoms with Gasteiger partial charge in [-0.15, -0.1) is 0 Å². The lowest BCUT2D eigenvalue weighted by Gasteiger charge is -2.12. The molecule has 1 heterocycles. The zero-order valence-electron chi connectivity index (χ0n) is 17.4. The van der Waals surface area contributed by atoms with Crippen LogP contribution in [0.4, 0.5) is 18.9 Å². The van der Waals surface area contributed by atoms with Crippen molar-refractivity contribution in [3.63, 3.8) is 0 Å². The molecule has 4 aromatic rings. The molecule has 2 N–H and O–H groups in total. The summed E-state index contributed by atoms with van der Waals surface area (Å²) in [5, 5.41) is 11.5. The highest BCUT2D eigenvalue weighted by atomic mass is 35.5.